The predicted molar refractivity (Wildman–Crippen MR) is 67.0 cm³/mol. The first-order valence-electron chi connectivity index (χ1n) is 6.87. The first-order chi connectivity index (χ1) is 8.60. The van der Waals surface area contributed by atoms with Crippen LogP contribution < -0.4 is 0 Å². The highest BCUT2D eigenvalue weighted by Crippen LogP contribution is 2.19. The summed E-state index contributed by atoms with van der Waals surface area (Å²) in [5.41, 5.74) is 0. The summed E-state index contributed by atoms with van der Waals surface area (Å²) in [5, 5.41) is 28.5. The number of hydrogen-bond donors (Lipinski definition) is 3. The third-order valence-electron chi connectivity index (χ3n) is 3.49. The minimum atomic E-state index is -1.19. The fourth-order valence-corrected chi connectivity index (χ4v) is 2.05. The Balaban J connectivity index is 2.33. The lowest BCUT2D eigenvalue weighted by Gasteiger charge is -2.35. The molecular weight excluding hydrogens is 236 g/mol. The molecule has 0 aromatic heterocycles. The lowest BCUT2D eigenvalue weighted by molar-refractivity contribution is -0.272. The fraction of sp³-hybridized carbons (Fsp3) is 1.00. The van der Waals surface area contributed by atoms with Crippen molar-refractivity contribution >= 4 is 0 Å². The van der Waals surface area contributed by atoms with Crippen molar-refractivity contribution in [3.05, 3.63) is 0 Å². The van der Waals surface area contributed by atoms with Gasteiger partial charge in [-0.15, -0.1) is 0 Å². The molecule has 1 fully saturated rings. The standard InChI is InChI=1S/C13H26O5/c1-3-5-6-9(4-2)7-17-13-12(16)11(15)10(14)8-18-13/h9-16H,3-8H2,1-2H3/t9?,10-,11+,12-,13-/m1/s1. The van der Waals surface area contributed by atoms with Crippen LogP contribution in [-0.2, 0) is 9.47 Å². The SMILES string of the molecule is CCCCC(CC)CO[C@@H]1OC[C@@H](O)[C@H](O)[C@H]1O. The normalized spacial score (nSPS) is 34.5. The van der Waals surface area contributed by atoms with Crippen LogP contribution >= 0.6 is 0 Å². The summed E-state index contributed by atoms with van der Waals surface area (Å²) in [6, 6.07) is 0. The topological polar surface area (TPSA) is 79.2 Å². The van der Waals surface area contributed by atoms with Gasteiger partial charge in [-0.05, 0) is 12.3 Å². The smallest absolute Gasteiger partial charge is 0.186 e. The molecule has 0 aliphatic carbocycles. The van der Waals surface area contributed by atoms with Crippen molar-refractivity contribution in [3.8, 4) is 0 Å². The van der Waals surface area contributed by atoms with Gasteiger partial charge in [0, 0.05) is 0 Å². The van der Waals surface area contributed by atoms with E-state index in [0.29, 0.717) is 12.5 Å². The van der Waals surface area contributed by atoms with Crippen LogP contribution in [-0.4, -0.2) is 53.1 Å². The summed E-state index contributed by atoms with van der Waals surface area (Å²) >= 11 is 0. The van der Waals surface area contributed by atoms with Crippen LogP contribution in [0, 0.1) is 5.92 Å². The molecule has 5 heteroatoms. The summed E-state index contributed by atoms with van der Waals surface area (Å²) in [6.07, 6.45) is 0.189. The van der Waals surface area contributed by atoms with E-state index < -0.39 is 24.6 Å². The molecule has 0 spiro atoms. The molecule has 1 heterocycles. The van der Waals surface area contributed by atoms with Crippen molar-refractivity contribution in [2.24, 2.45) is 5.92 Å². The third-order valence-corrected chi connectivity index (χ3v) is 3.49. The van der Waals surface area contributed by atoms with Crippen LogP contribution in [0.25, 0.3) is 0 Å². The van der Waals surface area contributed by atoms with Crippen molar-refractivity contribution in [3.63, 3.8) is 0 Å². The van der Waals surface area contributed by atoms with Crippen molar-refractivity contribution in [2.45, 2.75) is 64.1 Å². The van der Waals surface area contributed by atoms with Gasteiger partial charge in [-0.2, -0.15) is 0 Å². The molecule has 0 amide bonds. The van der Waals surface area contributed by atoms with Crippen LogP contribution in [0.3, 0.4) is 0 Å². The highest BCUT2D eigenvalue weighted by atomic mass is 16.7. The van der Waals surface area contributed by atoms with E-state index in [-0.39, 0.29) is 6.61 Å². The van der Waals surface area contributed by atoms with Crippen molar-refractivity contribution in [1.29, 1.82) is 0 Å². The summed E-state index contributed by atoms with van der Waals surface area (Å²) in [6.45, 7) is 4.77. The van der Waals surface area contributed by atoms with E-state index in [1.54, 1.807) is 0 Å². The van der Waals surface area contributed by atoms with Gasteiger partial charge in [-0.3, -0.25) is 0 Å². The molecule has 0 saturated carbocycles. The number of aliphatic hydroxyl groups is 3. The van der Waals surface area contributed by atoms with Crippen LogP contribution in [0.2, 0.25) is 0 Å². The van der Waals surface area contributed by atoms with E-state index in [1.165, 1.54) is 0 Å². The van der Waals surface area contributed by atoms with Crippen LogP contribution in [0.15, 0.2) is 0 Å². The van der Waals surface area contributed by atoms with E-state index >= 15 is 0 Å². The zero-order valence-corrected chi connectivity index (χ0v) is 11.3. The van der Waals surface area contributed by atoms with Gasteiger partial charge in [0.05, 0.1) is 13.2 Å². The third kappa shape index (κ3) is 4.48. The lowest BCUT2D eigenvalue weighted by Crippen LogP contribution is -2.53. The summed E-state index contributed by atoms with van der Waals surface area (Å²) in [5.74, 6) is 0.449. The molecule has 1 unspecified atom stereocenters. The van der Waals surface area contributed by atoms with Crippen LogP contribution in [0.1, 0.15) is 39.5 Å². The quantitative estimate of drug-likeness (QED) is 0.628. The van der Waals surface area contributed by atoms with Crippen molar-refractivity contribution in [2.75, 3.05) is 13.2 Å². The molecule has 0 aromatic carbocycles. The fourth-order valence-electron chi connectivity index (χ4n) is 2.05. The Morgan fingerprint density at radius 3 is 2.56 bits per heavy atom. The molecule has 1 aliphatic heterocycles. The van der Waals surface area contributed by atoms with E-state index in [1.807, 2.05) is 0 Å². The van der Waals surface area contributed by atoms with Crippen molar-refractivity contribution < 1.29 is 24.8 Å². The van der Waals surface area contributed by atoms with E-state index in [4.69, 9.17) is 9.47 Å². The maximum absolute atomic E-state index is 9.71. The van der Waals surface area contributed by atoms with Crippen molar-refractivity contribution in [1.82, 2.24) is 0 Å². The lowest BCUT2D eigenvalue weighted by atomic mass is 10.0. The van der Waals surface area contributed by atoms with Gasteiger partial charge in [0.2, 0.25) is 0 Å². The molecule has 5 atom stereocenters. The number of ether oxygens (including phenoxy) is 2. The maximum Gasteiger partial charge on any atom is 0.186 e. The highest BCUT2D eigenvalue weighted by molar-refractivity contribution is 4.82. The minimum absolute atomic E-state index is 0.00531. The van der Waals surface area contributed by atoms with Gasteiger partial charge >= 0.3 is 0 Å². The minimum Gasteiger partial charge on any atom is -0.388 e. The Hall–Kier alpha value is -0.200. The first-order valence-corrected chi connectivity index (χ1v) is 6.87. The number of rotatable bonds is 7. The molecule has 108 valence electrons. The number of hydrogen-bond acceptors (Lipinski definition) is 5. The van der Waals surface area contributed by atoms with Gasteiger partial charge in [0.1, 0.15) is 18.3 Å². The Morgan fingerprint density at radius 2 is 1.94 bits per heavy atom. The number of unbranched alkanes of at least 4 members (excludes halogenated alkanes) is 1. The maximum atomic E-state index is 9.71. The van der Waals surface area contributed by atoms with E-state index in [2.05, 4.69) is 13.8 Å². The zero-order valence-electron chi connectivity index (χ0n) is 11.3. The summed E-state index contributed by atoms with van der Waals surface area (Å²) < 4.78 is 10.7. The Bertz CT molecular complexity index is 223. The van der Waals surface area contributed by atoms with Gasteiger partial charge in [0.25, 0.3) is 0 Å². The van der Waals surface area contributed by atoms with Crippen LogP contribution in [0.5, 0.6) is 0 Å². The van der Waals surface area contributed by atoms with E-state index in [9.17, 15) is 15.3 Å². The predicted octanol–water partition coefficient (Wildman–Crippen LogP) is 0.658. The monoisotopic (exact) mass is 262 g/mol. The molecule has 1 aliphatic rings. The van der Waals surface area contributed by atoms with Gasteiger partial charge in [-0.1, -0.05) is 33.1 Å². The second-order valence-electron chi connectivity index (χ2n) is 5.00. The zero-order chi connectivity index (χ0) is 13.5. The molecule has 1 saturated heterocycles. The molecule has 18 heavy (non-hydrogen) atoms. The van der Waals surface area contributed by atoms with Gasteiger partial charge < -0.3 is 24.8 Å². The second kappa shape index (κ2) is 8.07. The summed E-state index contributed by atoms with van der Waals surface area (Å²) in [4.78, 5) is 0. The number of aliphatic hydroxyl groups excluding tert-OH is 3. The first kappa shape index (κ1) is 15.9. The average Bonchev–Trinajstić information content (AvgIpc) is 2.38. The largest absolute Gasteiger partial charge is 0.388 e. The second-order valence-corrected chi connectivity index (χ2v) is 5.00. The Kier molecular flexibility index (Phi) is 7.11. The molecule has 5 nitrogen and oxygen atoms in total. The van der Waals surface area contributed by atoms with Crippen LogP contribution in [0.4, 0.5) is 0 Å². The Labute approximate surface area is 109 Å². The average molecular weight is 262 g/mol. The Morgan fingerprint density at radius 1 is 1.22 bits per heavy atom. The van der Waals surface area contributed by atoms with Gasteiger partial charge in [-0.25, -0.2) is 0 Å². The van der Waals surface area contributed by atoms with E-state index in [0.717, 1.165) is 25.7 Å². The summed E-state index contributed by atoms with van der Waals surface area (Å²) in [7, 11) is 0. The highest BCUT2D eigenvalue weighted by Gasteiger charge is 2.38. The molecule has 0 radical (unpaired) electrons. The molecular formula is C13H26O5. The molecule has 3 N–H and O–H groups in total. The molecule has 0 aromatic rings. The molecule has 1 rings (SSSR count). The molecule has 0 bridgehead atoms. The van der Waals surface area contributed by atoms with Gasteiger partial charge in [0.15, 0.2) is 6.29 Å².